The van der Waals surface area contributed by atoms with Crippen LogP contribution in [0.4, 0.5) is 4.39 Å². The van der Waals surface area contributed by atoms with E-state index in [1.54, 1.807) is 5.38 Å². The summed E-state index contributed by atoms with van der Waals surface area (Å²) < 4.78 is 12.6. The van der Waals surface area contributed by atoms with Crippen molar-refractivity contribution >= 4 is 11.3 Å². The van der Waals surface area contributed by atoms with Crippen molar-refractivity contribution in [2.24, 2.45) is 5.73 Å². The van der Waals surface area contributed by atoms with Gasteiger partial charge < -0.3 is 10.8 Å². The first-order valence-corrected chi connectivity index (χ1v) is 3.78. The quantitative estimate of drug-likeness (QED) is 0.676. The minimum atomic E-state index is -0.578. The fourth-order valence-corrected chi connectivity index (χ4v) is 1.41. The average Bonchev–Trinajstić information content (AvgIpc) is 2.34. The molecule has 0 fully saturated rings. The van der Waals surface area contributed by atoms with Gasteiger partial charge in [-0.1, -0.05) is 0 Å². The van der Waals surface area contributed by atoms with Crippen LogP contribution in [-0.4, -0.2) is 11.7 Å². The Hall–Kier alpha value is -0.450. The van der Waals surface area contributed by atoms with Gasteiger partial charge in [-0.2, -0.15) is 0 Å². The molecule has 1 atom stereocenters. The summed E-state index contributed by atoms with van der Waals surface area (Å²) in [6.07, 6.45) is 0. The second kappa shape index (κ2) is 3.09. The molecular formula is C6H8FNOS. The summed E-state index contributed by atoms with van der Waals surface area (Å²) in [7, 11) is 0. The number of aliphatic hydroxyl groups is 1. The van der Waals surface area contributed by atoms with Crippen molar-refractivity contribution in [3.05, 3.63) is 22.1 Å². The third-order valence-electron chi connectivity index (χ3n) is 1.24. The Morgan fingerprint density at radius 1 is 1.70 bits per heavy atom. The molecule has 0 aromatic carbocycles. The lowest BCUT2D eigenvalue weighted by atomic mass is 10.2. The Kier molecular flexibility index (Phi) is 2.37. The zero-order valence-corrected chi connectivity index (χ0v) is 6.07. The lowest BCUT2D eigenvalue weighted by molar-refractivity contribution is 0.265. The molecule has 0 aliphatic heterocycles. The Morgan fingerprint density at radius 3 is 2.80 bits per heavy atom. The van der Waals surface area contributed by atoms with Gasteiger partial charge in [-0.05, 0) is 5.38 Å². The lowest BCUT2D eigenvalue weighted by Gasteiger charge is -2.03. The SMILES string of the molecule is NC(CO)c1cscc1F. The maximum atomic E-state index is 12.6. The van der Waals surface area contributed by atoms with E-state index >= 15 is 0 Å². The maximum Gasteiger partial charge on any atom is 0.138 e. The highest BCUT2D eigenvalue weighted by Crippen LogP contribution is 2.18. The normalized spacial score (nSPS) is 13.5. The van der Waals surface area contributed by atoms with Crippen LogP contribution in [0.15, 0.2) is 10.8 Å². The first kappa shape index (κ1) is 7.65. The fraction of sp³-hybridized carbons (Fsp3) is 0.333. The van der Waals surface area contributed by atoms with Gasteiger partial charge in [0.05, 0.1) is 12.6 Å². The zero-order chi connectivity index (χ0) is 7.56. The highest BCUT2D eigenvalue weighted by molar-refractivity contribution is 7.08. The van der Waals surface area contributed by atoms with Crippen LogP contribution in [0.25, 0.3) is 0 Å². The van der Waals surface area contributed by atoms with E-state index in [1.165, 1.54) is 16.7 Å². The Labute approximate surface area is 62.1 Å². The van der Waals surface area contributed by atoms with E-state index in [4.69, 9.17) is 10.8 Å². The molecule has 0 radical (unpaired) electrons. The van der Waals surface area contributed by atoms with Crippen molar-refractivity contribution in [2.45, 2.75) is 6.04 Å². The molecule has 10 heavy (non-hydrogen) atoms. The van der Waals surface area contributed by atoms with E-state index < -0.39 is 6.04 Å². The van der Waals surface area contributed by atoms with Gasteiger partial charge in [-0.15, -0.1) is 11.3 Å². The molecule has 0 bridgehead atoms. The molecule has 1 aromatic heterocycles. The molecule has 0 amide bonds. The molecule has 0 spiro atoms. The maximum absolute atomic E-state index is 12.6. The highest BCUT2D eigenvalue weighted by Gasteiger charge is 2.09. The molecular weight excluding hydrogens is 153 g/mol. The number of nitrogens with two attached hydrogens (primary N) is 1. The largest absolute Gasteiger partial charge is 0.394 e. The van der Waals surface area contributed by atoms with Crippen LogP contribution in [0.2, 0.25) is 0 Å². The minimum absolute atomic E-state index is 0.215. The molecule has 1 rings (SSSR count). The van der Waals surface area contributed by atoms with Crippen LogP contribution in [-0.2, 0) is 0 Å². The topological polar surface area (TPSA) is 46.2 Å². The number of hydrogen-bond donors (Lipinski definition) is 2. The standard InChI is InChI=1S/C6H8FNOS/c7-5-3-10-2-4(5)6(8)1-9/h2-3,6,9H,1,8H2. The monoisotopic (exact) mass is 161 g/mol. The van der Waals surface area contributed by atoms with Crippen LogP contribution in [0.5, 0.6) is 0 Å². The second-order valence-corrected chi connectivity index (χ2v) is 2.71. The summed E-state index contributed by atoms with van der Waals surface area (Å²) in [6.45, 7) is -0.215. The number of thiophene rings is 1. The first-order chi connectivity index (χ1) is 4.75. The average molecular weight is 161 g/mol. The second-order valence-electron chi connectivity index (χ2n) is 1.96. The van der Waals surface area contributed by atoms with E-state index in [0.29, 0.717) is 5.56 Å². The number of hydrogen-bond acceptors (Lipinski definition) is 3. The van der Waals surface area contributed by atoms with Crippen molar-refractivity contribution in [3.8, 4) is 0 Å². The van der Waals surface area contributed by atoms with Crippen LogP contribution in [0.1, 0.15) is 11.6 Å². The fourth-order valence-electron chi connectivity index (χ4n) is 0.654. The molecule has 1 heterocycles. The van der Waals surface area contributed by atoms with Gasteiger partial charge in [-0.25, -0.2) is 4.39 Å². The van der Waals surface area contributed by atoms with Crippen LogP contribution in [0.3, 0.4) is 0 Å². The van der Waals surface area contributed by atoms with E-state index in [0.717, 1.165) is 0 Å². The predicted octanol–water partition coefficient (Wildman–Crippen LogP) is 0.879. The lowest BCUT2D eigenvalue weighted by Crippen LogP contribution is -2.14. The first-order valence-electron chi connectivity index (χ1n) is 2.83. The number of halogens is 1. The van der Waals surface area contributed by atoms with Gasteiger partial charge in [0.2, 0.25) is 0 Å². The van der Waals surface area contributed by atoms with Gasteiger partial charge in [0.15, 0.2) is 0 Å². The highest BCUT2D eigenvalue weighted by atomic mass is 32.1. The van der Waals surface area contributed by atoms with Crippen LogP contribution in [0, 0.1) is 5.82 Å². The van der Waals surface area contributed by atoms with Gasteiger partial charge in [0, 0.05) is 10.9 Å². The van der Waals surface area contributed by atoms with E-state index in [2.05, 4.69) is 0 Å². The Morgan fingerprint density at radius 2 is 2.40 bits per heavy atom. The van der Waals surface area contributed by atoms with Crippen molar-refractivity contribution < 1.29 is 9.50 Å². The summed E-state index contributed by atoms with van der Waals surface area (Å²) in [5, 5.41) is 11.5. The Balaban J connectivity index is 2.82. The Bertz CT molecular complexity index is 213. The van der Waals surface area contributed by atoms with Gasteiger partial charge >= 0.3 is 0 Å². The minimum Gasteiger partial charge on any atom is -0.394 e. The zero-order valence-electron chi connectivity index (χ0n) is 5.25. The molecule has 56 valence electrons. The summed E-state index contributed by atoms with van der Waals surface area (Å²) in [5.41, 5.74) is 5.75. The molecule has 1 unspecified atom stereocenters. The van der Waals surface area contributed by atoms with Gasteiger partial charge in [0.25, 0.3) is 0 Å². The van der Waals surface area contributed by atoms with Crippen molar-refractivity contribution in [2.75, 3.05) is 6.61 Å². The summed E-state index contributed by atoms with van der Waals surface area (Å²) in [4.78, 5) is 0. The van der Waals surface area contributed by atoms with Crippen molar-refractivity contribution in [1.29, 1.82) is 0 Å². The molecule has 2 nitrogen and oxygen atoms in total. The van der Waals surface area contributed by atoms with Crippen LogP contribution < -0.4 is 5.73 Å². The molecule has 1 aromatic rings. The van der Waals surface area contributed by atoms with Gasteiger partial charge in [-0.3, -0.25) is 0 Å². The molecule has 4 heteroatoms. The van der Waals surface area contributed by atoms with Gasteiger partial charge in [0.1, 0.15) is 5.82 Å². The third-order valence-corrected chi connectivity index (χ3v) is 1.97. The molecule has 0 saturated heterocycles. The predicted molar refractivity (Wildman–Crippen MR) is 38.3 cm³/mol. The van der Waals surface area contributed by atoms with E-state index in [1.807, 2.05) is 0 Å². The smallest absolute Gasteiger partial charge is 0.138 e. The van der Waals surface area contributed by atoms with E-state index in [9.17, 15) is 4.39 Å². The summed E-state index contributed by atoms with van der Waals surface area (Å²) >= 11 is 1.24. The molecule has 0 saturated carbocycles. The number of rotatable bonds is 2. The van der Waals surface area contributed by atoms with E-state index in [-0.39, 0.29) is 12.4 Å². The van der Waals surface area contributed by atoms with Crippen molar-refractivity contribution in [1.82, 2.24) is 0 Å². The summed E-state index contributed by atoms with van der Waals surface area (Å²) in [5.74, 6) is -0.327. The van der Waals surface area contributed by atoms with Crippen LogP contribution >= 0.6 is 11.3 Å². The number of aliphatic hydroxyl groups excluding tert-OH is 1. The third kappa shape index (κ3) is 1.34. The summed E-state index contributed by atoms with van der Waals surface area (Å²) in [6, 6.07) is -0.578. The molecule has 3 N–H and O–H groups in total. The molecule has 0 aliphatic carbocycles. The molecule has 0 aliphatic rings. The van der Waals surface area contributed by atoms with Crippen molar-refractivity contribution in [3.63, 3.8) is 0 Å².